The Kier molecular flexibility index (Phi) is 6.46. The highest BCUT2D eigenvalue weighted by molar-refractivity contribution is 14.1. The number of benzene rings is 2. The lowest BCUT2D eigenvalue weighted by Crippen LogP contribution is -2.17. The molecule has 0 fully saturated rings. The Bertz CT molecular complexity index is 693. The molecule has 2 aromatic rings. The van der Waals surface area contributed by atoms with E-state index in [1.165, 1.54) is 0 Å². The molecule has 0 aliphatic rings. The number of rotatable bonds is 6. The monoisotopic (exact) mass is 424 g/mol. The van der Waals surface area contributed by atoms with Gasteiger partial charge in [0.2, 0.25) is 0 Å². The van der Waals surface area contributed by atoms with E-state index in [0.29, 0.717) is 17.2 Å². The Morgan fingerprint density at radius 2 is 1.87 bits per heavy atom. The SMILES string of the molecule is C/C=C/c1ccc(OCC(=O)Oc2ccc(I)cc2)c(OC)c1. The zero-order chi connectivity index (χ0) is 16.7. The number of hydrogen-bond donors (Lipinski definition) is 0. The molecule has 0 saturated carbocycles. The van der Waals surface area contributed by atoms with Gasteiger partial charge in [0.1, 0.15) is 5.75 Å². The fraction of sp³-hybridized carbons (Fsp3) is 0.167. The second-order valence-corrected chi connectivity index (χ2v) is 5.87. The van der Waals surface area contributed by atoms with Crippen LogP contribution in [-0.2, 0) is 4.79 Å². The van der Waals surface area contributed by atoms with Crippen LogP contribution in [0.4, 0.5) is 0 Å². The Balaban J connectivity index is 1.97. The lowest BCUT2D eigenvalue weighted by atomic mass is 10.2. The number of hydrogen-bond acceptors (Lipinski definition) is 4. The van der Waals surface area contributed by atoms with Crippen LogP contribution in [0.3, 0.4) is 0 Å². The summed E-state index contributed by atoms with van der Waals surface area (Å²) in [7, 11) is 1.56. The van der Waals surface area contributed by atoms with Crippen molar-refractivity contribution < 1.29 is 19.0 Å². The van der Waals surface area contributed by atoms with Crippen LogP contribution >= 0.6 is 22.6 Å². The van der Waals surface area contributed by atoms with Gasteiger partial charge in [-0.25, -0.2) is 4.79 Å². The average molecular weight is 424 g/mol. The van der Waals surface area contributed by atoms with Crippen molar-refractivity contribution in [2.45, 2.75) is 6.92 Å². The molecule has 0 N–H and O–H groups in total. The molecule has 0 unspecified atom stereocenters. The number of halogens is 1. The van der Waals surface area contributed by atoms with Gasteiger partial charge < -0.3 is 14.2 Å². The normalized spacial score (nSPS) is 10.6. The van der Waals surface area contributed by atoms with Crippen LogP contribution in [0.25, 0.3) is 6.08 Å². The van der Waals surface area contributed by atoms with Crippen LogP contribution in [-0.4, -0.2) is 19.7 Å². The molecule has 4 nitrogen and oxygen atoms in total. The Labute approximate surface area is 149 Å². The third-order valence-corrected chi connectivity index (χ3v) is 3.66. The molecule has 0 bridgehead atoms. The predicted molar refractivity (Wildman–Crippen MR) is 98.0 cm³/mol. The largest absolute Gasteiger partial charge is 0.493 e. The molecule has 23 heavy (non-hydrogen) atoms. The number of ether oxygens (including phenoxy) is 3. The summed E-state index contributed by atoms with van der Waals surface area (Å²) >= 11 is 2.19. The summed E-state index contributed by atoms with van der Waals surface area (Å²) in [4.78, 5) is 11.8. The molecule has 0 saturated heterocycles. The maximum atomic E-state index is 11.8. The summed E-state index contributed by atoms with van der Waals surface area (Å²) in [5, 5.41) is 0. The highest BCUT2D eigenvalue weighted by Gasteiger charge is 2.10. The number of carbonyl (C=O) groups excluding carboxylic acids is 1. The van der Waals surface area contributed by atoms with E-state index in [4.69, 9.17) is 14.2 Å². The van der Waals surface area contributed by atoms with E-state index in [2.05, 4.69) is 22.6 Å². The molecule has 0 heterocycles. The standard InChI is InChI=1S/C18H17IO4/c1-3-4-13-5-10-16(17(11-13)21-2)22-12-18(20)23-15-8-6-14(19)7-9-15/h3-11H,12H2,1-2H3/b4-3+. The molecule has 5 heteroatoms. The number of methoxy groups -OCH3 is 1. The van der Waals surface area contributed by atoms with E-state index in [0.717, 1.165) is 9.13 Å². The number of allylic oxidation sites excluding steroid dienone is 1. The van der Waals surface area contributed by atoms with Crippen molar-refractivity contribution in [3.8, 4) is 17.2 Å². The average Bonchev–Trinajstić information content (AvgIpc) is 2.56. The fourth-order valence-corrected chi connectivity index (χ4v) is 2.26. The molecule has 0 radical (unpaired) electrons. The quantitative estimate of drug-likeness (QED) is 0.394. The molecule has 0 aliphatic heterocycles. The molecule has 0 amide bonds. The van der Waals surface area contributed by atoms with Gasteiger partial charge in [-0.2, -0.15) is 0 Å². The second-order valence-electron chi connectivity index (χ2n) is 4.63. The van der Waals surface area contributed by atoms with Crippen molar-refractivity contribution in [1.29, 1.82) is 0 Å². The highest BCUT2D eigenvalue weighted by atomic mass is 127. The molecular formula is C18H17IO4. The van der Waals surface area contributed by atoms with Gasteiger partial charge in [-0.05, 0) is 71.5 Å². The molecule has 2 aromatic carbocycles. The van der Waals surface area contributed by atoms with Crippen LogP contribution < -0.4 is 14.2 Å². The van der Waals surface area contributed by atoms with Crippen LogP contribution in [0.5, 0.6) is 17.2 Å². The van der Waals surface area contributed by atoms with Gasteiger partial charge in [-0.15, -0.1) is 0 Å². The third kappa shape index (κ3) is 5.28. The van der Waals surface area contributed by atoms with Crippen molar-refractivity contribution >= 4 is 34.6 Å². The molecule has 2 rings (SSSR count). The maximum absolute atomic E-state index is 11.8. The first-order chi connectivity index (χ1) is 11.1. The first kappa shape index (κ1) is 17.3. The smallest absolute Gasteiger partial charge is 0.349 e. The molecule has 0 aromatic heterocycles. The molecule has 0 aliphatic carbocycles. The molecule has 0 atom stereocenters. The van der Waals surface area contributed by atoms with Crippen LogP contribution in [0.1, 0.15) is 12.5 Å². The predicted octanol–water partition coefficient (Wildman–Crippen LogP) is 4.32. The van der Waals surface area contributed by atoms with E-state index >= 15 is 0 Å². The van der Waals surface area contributed by atoms with Crippen LogP contribution in [0.2, 0.25) is 0 Å². The lowest BCUT2D eigenvalue weighted by Gasteiger charge is -2.11. The van der Waals surface area contributed by atoms with E-state index < -0.39 is 5.97 Å². The summed E-state index contributed by atoms with van der Waals surface area (Å²) in [6.07, 6.45) is 3.89. The van der Waals surface area contributed by atoms with Crippen molar-refractivity contribution in [2.24, 2.45) is 0 Å². The Morgan fingerprint density at radius 1 is 1.13 bits per heavy atom. The fourth-order valence-electron chi connectivity index (χ4n) is 1.90. The summed E-state index contributed by atoms with van der Waals surface area (Å²) in [6.45, 7) is 1.75. The molecular weight excluding hydrogens is 407 g/mol. The lowest BCUT2D eigenvalue weighted by molar-refractivity contribution is -0.136. The van der Waals surface area contributed by atoms with Crippen LogP contribution in [0, 0.1) is 3.57 Å². The zero-order valence-corrected chi connectivity index (χ0v) is 15.1. The number of esters is 1. The summed E-state index contributed by atoms with van der Waals surface area (Å²) < 4.78 is 17.1. The van der Waals surface area contributed by atoms with Crippen molar-refractivity contribution in [3.63, 3.8) is 0 Å². The Hall–Kier alpha value is -2.02. The highest BCUT2D eigenvalue weighted by Crippen LogP contribution is 2.28. The minimum absolute atomic E-state index is 0.189. The van der Waals surface area contributed by atoms with E-state index in [9.17, 15) is 4.79 Å². The summed E-state index contributed by atoms with van der Waals surface area (Å²) in [5.41, 5.74) is 0.998. The van der Waals surface area contributed by atoms with Crippen molar-refractivity contribution in [2.75, 3.05) is 13.7 Å². The summed E-state index contributed by atoms with van der Waals surface area (Å²) in [5.74, 6) is 1.10. The van der Waals surface area contributed by atoms with Gasteiger partial charge in [0.15, 0.2) is 18.1 Å². The first-order valence-electron chi connectivity index (χ1n) is 7.02. The van der Waals surface area contributed by atoms with E-state index in [1.54, 1.807) is 25.3 Å². The minimum atomic E-state index is -0.467. The van der Waals surface area contributed by atoms with Gasteiger partial charge >= 0.3 is 5.97 Å². The molecule has 120 valence electrons. The first-order valence-corrected chi connectivity index (χ1v) is 8.10. The maximum Gasteiger partial charge on any atom is 0.349 e. The van der Waals surface area contributed by atoms with E-state index in [1.807, 2.05) is 43.3 Å². The third-order valence-electron chi connectivity index (χ3n) is 2.94. The van der Waals surface area contributed by atoms with Crippen LogP contribution in [0.15, 0.2) is 48.5 Å². The van der Waals surface area contributed by atoms with Gasteiger partial charge in [0.25, 0.3) is 0 Å². The second kappa shape index (κ2) is 8.57. The van der Waals surface area contributed by atoms with Crippen molar-refractivity contribution in [1.82, 2.24) is 0 Å². The van der Waals surface area contributed by atoms with Gasteiger partial charge in [-0.1, -0.05) is 18.2 Å². The van der Waals surface area contributed by atoms with E-state index in [-0.39, 0.29) is 6.61 Å². The van der Waals surface area contributed by atoms with Gasteiger partial charge in [0, 0.05) is 3.57 Å². The Morgan fingerprint density at radius 3 is 2.52 bits per heavy atom. The molecule has 0 spiro atoms. The zero-order valence-electron chi connectivity index (χ0n) is 12.9. The van der Waals surface area contributed by atoms with Gasteiger partial charge in [0.05, 0.1) is 7.11 Å². The number of carbonyl (C=O) groups is 1. The topological polar surface area (TPSA) is 44.8 Å². The van der Waals surface area contributed by atoms with Gasteiger partial charge in [-0.3, -0.25) is 0 Å². The minimum Gasteiger partial charge on any atom is -0.493 e. The summed E-state index contributed by atoms with van der Waals surface area (Å²) in [6, 6.07) is 12.7. The van der Waals surface area contributed by atoms with Crippen molar-refractivity contribution in [3.05, 3.63) is 57.7 Å².